The lowest BCUT2D eigenvalue weighted by Gasteiger charge is -2.21. The van der Waals surface area contributed by atoms with E-state index < -0.39 is 0 Å². The molecule has 0 aromatic rings. The Labute approximate surface area is 84.6 Å². The van der Waals surface area contributed by atoms with Crippen molar-refractivity contribution >= 4 is 5.97 Å². The number of carbonyl (C=O) groups is 1. The molecule has 0 bridgehead atoms. The van der Waals surface area contributed by atoms with Gasteiger partial charge in [0.15, 0.2) is 0 Å². The number of carbonyl (C=O) groups excluding carboxylic acids is 1. The number of esters is 1. The highest BCUT2D eigenvalue weighted by Gasteiger charge is 2.34. The fourth-order valence-corrected chi connectivity index (χ4v) is 2.42. The molecule has 1 N–H and O–H groups in total. The highest BCUT2D eigenvalue weighted by Crippen LogP contribution is 2.19. The van der Waals surface area contributed by atoms with Crippen molar-refractivity contribution in [2.75, 3.05) is 26.7 Å². The lowest BCUT2D eigenvalue weighted by atomic mass is 10.1. The maximum Gasteiger partial charge on any atom is 0.322 e. The molecule has 2 fully saturated rings. The first-order valence-electron chi connectivity index (χ1n) is 5.36. The fourth-order valence-electron chi connectivity index (χ4n) is 2.42. The molecule has 0 spiro atoms. The number of likely N-dealkylation sites (tertiary alicyclic amines) is 1. The molecule has 0 amide bonds. The van der Waals surface area contributed by atoms with E-state index in [1.54, 1.807) is 0 Å². The molecule has 0 saturated carbocycles. The van der Waals surface area contributed by atoms with Gasteiger partial charge in [0.2, 0.25) is 0 Å². The van der Waals surface area contributed by atoms with Crippen molar-refractivity contribution in [3.63, 3.8) is 0 Å². The van der Waals surface area contributed by atoms with Crippen molar-refractivity contribution in [2.24, 2.45) is 0 Å². The maximum absolute atomic E-state index is 11.3. The topological polar surface area (TPSA) is 41.6 Å². The minimum atomic E-state index is -0.119. The van der Waals surface area contributed by atoms with Gasteiger partial charge in [0, 0.05) is 12.6 Å². The van der Waals surface area contributed by atoms with E-state index in [1.807, 2.05) is 0 Å². The molecule has 4 nitrogen and oxygen atoms in total. The monoisotopic (exact) mass is 198 g/mol. The van der Waals surface area contributed by atoms with Gasteiger partial charge in [-0.05, 0) is 32.4 Å². The summed E-state index contributed by atoms with van der Waals surface area (Å²) in [7, 11) is 1.45. The second-order valence-electron chi connectivity index (χ2n) is 4.12. The fraction of sp³-hybridized carbons (Fsp3) is 0.900. The zero-order valence-corrected chi connectivity index (χ0v) is 8.66. The Morgan fingerprint density at radius 2 is 2.14 bits per heavy atom. The molecular weight excluding hydrogens is 180 g/mol. The third-order valence-corrected chi connectivity index (χ3v) is 3.25. The van der Waals surface area contributed by atoms with Crippen molar-refractivity contribution in [1.82, 2.24) is 10.2 Å². The lowest BCUT2D eigenvalue weighted by molar-refractivity contribution is -0.142. The summed E-state index contributed by atoms with van der Waals surface area (Å²) >= 11 is 0. The van der Waals surface area contributed by atoms with Crippen molar-refractivity contribution in [3.05, 3.63) is 0 Å². The summed E-state index contributed by atoms with van der Waals surface area (Å²) in [4.78, 5) is 13.8. The Hall–Kier alpha value is -0.610. The zero-order chi connectivity index (χ0) is 9.97. The van der Waals surface area contributed by atoms with Crippen LogP contribution < -0.4 is 5.32 Å². The molecule has 2 saturated heterocycles. The van der Waals surface area contributed by atoms with Crippen LogP contribution in [0, 0.1) is 0 Å². The van der Waals surface area contributed by atoms with Crippen LogP contribution in [0.4, 0.5) is 0 Å². The lowest BCUT2D eigenvalue weighted by Crippen LogP contribution is -2.34. The average molecular weight is 198 g/mol. The van der Waals surface area contributed by atoms with E-state index >= 15 is 0 Å². The van der Waals surface area contributed by atoms with Crippen LogP contribution in [0.1, 0.15) is 19.3 Å². The van der Waals surface area contributed by atoms with Crippen LogP contribution in [-0.2, 0) is 9.53 Å². The highest BCUT2D eigenvalue weighted by molar-refractivity contribution is 5.76. The zero-order valence-electron chi connectivity index (χ0n) is 8.66. The SMILES string of the molecule is COC(=O)[C@@H]1C[C@@H](N2CCCC2)CN1. The molecule has 14 heavy (non-hydrogen) atoms. The second-order valence-corrected chi connectivity index (χ2v) is 4.12. The number of ether oxygens (including phenoxy) is 1. The van der Waals surface area contributed by atoms with Gasteiger partial charge in [0.1, 0.15) is 6.04 Å². The number of hydrogen-bond donors (Lipinski definition) is 1. The predicted octanol–water partition coefficient (Wildman–Crippen LogP) is -0.0143. The molecule has 2 rings (SSSR count). The van der Waals surface area contributed by atoms with Gasteiger partial charge < -0.3 is 10.1 Å². The van der Waals surface area contributed by atoms with Crippen LogP contribution >= 0.6 is 0 Å². The molecule has 0 aromatic carbocycles. The van der Waals surface area contributed by atoms with Crippen molar-refractivity contribution < 1.29 is 9.53 Å². The highest BCUT2D eigenvalue weighted by atomic mass is 16.5. The summed E-state index contributed by atoms with van der Waals surface area (Å²) in [5.41, 5.74) is 0. The molecule has 0 radical (unpaired) electrons. The van der Waals surface area contributed by atoms with Crippen molar-refractivity contribution in [3.8, 4) is 0 Å². The van der Waals surface area contributed by atoms with Crippen molar-refractivity contribution in [1.29, 1.82) is 0 Å². The number of nitrogens with zero attached hydrogens (tertiary/aromatic N) is 1. The summed E-state index contributed by atoms with van der Waals surface area (Å²) in [6.45, 7) is 3.32. The molecule has 80 valence electrons. The largest absolute Gasteiger partial charge is 0.468 e. The summed E-state index contributed by atoms with van der Waals surface area (Å²) in [6.07, 6.45) is 3.52. The first kappa shape index (κ1) is 9.93. The summed E-state index contributed by atoms with van der Waals surface area (Å²) in [5, 5.41) is 3.22. The molecule has 2 heterocycles. The quantitative estimate of drug-likeness (QED) is 0.633. The Kier molecular flexibility index (Phi) is 3.03. The van der Waals surface area contributed by atoms with Crippen molar-refractivity contribution in [2.45, 2.75) is 31.3 Å². The van der Waals surface area contributed by atoms with Crippen LogP contribution in [0.3, 0.4) is 0 Å². The standard InChI is InChI=1S/C10H18N2O2/c1-14-10(13)9-6-8(7-11-9)12-4-2-3-5-12/h8-9,11H,2-7H2,1H3/t8-,9+/m1/s1. The first-order chi connectivity index (χ1) is 6.81. The van der Waals surface area contributed by atoms with E-state index in [1.165, 1.54) is 33.0 Å². The van der Waals surface area contributed by atoms with E-state index in [-0.39, 0.29) is 12.0 Å². The van der Waals surface area contributed by atoms with Crippen LogP contribution in [-0.4, -0.2) is 49.7 Å². The maximum atomic E-state index is 11.3. The number of methoxy groups -OCH3 is 1. The summed E-state index contributed by atoms with van der Waals surface area (Å²) < 4.78 is 4.73. The number of nitrogens with one attached hydrogen (secondary N) is 1. The van der Waals surface area contributed by atoms with Gasteiger partial charge in [0.05, 0.1) is 7.11 Å². The second kappa shape index (κ2) is 4.28. The molecular formula is C10H18N2O2. The molecule has 2 aliphatic heterocycles. The minimum Gasteiger partial charge on any atom is -0.468 e. The smallest absolute Gasteiger partial charge is 0.322 e. The van der Waals surface area contributed by atoms with Gasteiger partial charge in [-0.1, -0.05) is 0 Å². The van der Waals surface area contributed by atoms with E-state index in [0.29, 0.717) is 6.04 Å². The van der Waals surface area contributed by atoms with E-state index in [2.05, 4.69) is 10.2 Å². The third kappa shape index (κ3) is 1.91. The van der Waals surface area contributed by atoms with E-state index in [0.717, 1.165) is 13.0 Å². The van der Waals surface area contributed by atoms with E-state index in [4.69, 9.17) is 4.74 Å². The van der Waals surface area contributed by atoms with Gasteiger partial charge in [-0.15, -0.1) is 0 Å². The number of hydrogen-bond acceptors (Lipinski definition) is 4. The predicted molar refractivity (Wildman–Crippen MR) is 53.0 cm³/mol. The minimum absolute atomic E-state index is 0.0781. The van der Waals surface area contributed by atoms with Crippen LogP contribution in [0.5, 0.6) is 0 Å². The molecule has 4 heteroatoms. The Morgan fingerprint density at radius 1 is 1.43 bits per heavy atom. The molecule has 2 aliphatic rings. The van der Waals surface area contributed by atoms with Crippen LogP contribution in [0.15, 0.2) is 0 Å². The number of rotatable bonds is 2. The summed E-state index contributed by atoms with van der Waals surface area (Å²) in [6, 6.07) is 0.465. The molecule has 0 unspecified atom stereocenters. The van der Waals surface area contributed by atoms with Crippen LogP contribution in [0.2, 0.25) is 0 Å². The normalized spacial score (nSPS) is 33.5. The van der Waals surface area contributed by atoms with Gasteiger partial charge >= 0.3 is 5.97 Å². The van der Waals surface area contributed by atoms with Gasteiger partial charge in [-0.3, -0.25) is 9.69 Å². The van der Waals surface area contributed by atoms with Gasteiger partial charge in [-0.25, -0.2) is 0 Å². The third-order valence-electron chi connectivity index (χ3n) is 3.25. The average Bonchev–Trinajstić information content (AvgIpc) is 2.86. The Morgan fingerprint density at radius 3 is 2.79 bits per heavy atom. The molecule has 0 aliphatic carbocycles. The van der Waals surface area contributed by atoms with E-state index in [9.17, 15) is 4.79 Å². The Bertz CT molecular complexity index is 214. The van der Waals surface area contributed by atoms with Crippen LogP contribution in [0.25, 0.3) is 0 Å². The van der Waals surface area contributed by atoms with Gasteiger partial charge in [-0.2, -0.15) is 0 Å². The van der Waals surface area contributed by atoms with Gasteiger partial charge in [0.25, 0.3) is 0 Å². The molecule has 2 atom stereocenters. The first-order valence-corrected chi connectivity index (χ1v) is 5.36. The Balaban J connectivity index is 1.84. The summed E-state index contributed by atoms with van der Waals surface area (Å²) in [5.74, 6) is -0.119. The molecule has 0 aromatic heterocycles.